The van der Waals surface area contributed by atoms with Gasteiger partial charge in [-0.2, -0.15) is 4.98 Å². The molecule has 2 bridgehead atoms. The average molecular weight is 445 g/mol. The molecule has 30 heavy (non-hydrogen) atoms. The van der Waals surface area contributed by atoms with Gasteiger partial charge < -0.3 is 15.0 Å². The zero-order valence-corrected chi connectivity index (χ0v) is 18.0. The first kappa shape index (κ1) is 19.5. The van der Waals surface area contributed by atoms with Crippen LogP contribution in [0, 0.1) is 11.8 Å². The molecule has 2 aromatic heterocycles. The SMILES string of the molecule is Cn1nc(NC2[C@@H]3CC[C@H]2CN(c2ccnc(Cl)c2)C3)nc1Oc1cccc(Cl)c1. The highest BCUT2D eigenvalue weighted by Gasteiger charge is 2.42. The van der Waals surface area contributed by atoms with Crippen molar-refractivity contribution in [1.29, 1.82) is 0 Å². The summed E-state index contributed by atoms with van der Waals surface area (Å²) in [5.74, 6) is 2.28. The second-order valence-corrected chi connectivity index (χ2v) is 8.73. The van der Waals surface area contributed by atoms with Gasteiger partial charge in [0.1, 0.15) is 10.9 Å². The van der Waals surface area contributed by atoms with Gasteiger partial charge in [-0.1, -0.05) is 29.3 Å². The van der Waals surface area contributed by atoms with Crippen LogP contribution < -0.4 is 15.0 Å². The van der Waals surface area contributed by atoms with Crippen LogP contribution in [0.3, 0.4) is 0 Å². The molecule has 1 saturated heterocycles. The Kier molecular flexibility index (Phi) is 5.16. The Bertz CT molecular complexity index is 1040. The Balaban J connectivity index is 1.28. The van der Waals surface area contributed by atoms with Crippen LogP contribution in [0.1, 0.15) is 12.8 Å². The number of ether oxygens (including phenoxy) is 1. The van der Waals surface area contributed by atoms with Crippen LogP contribution in [-0.4, -0.2) is 38.9 Å². The van der Waals surface area contributed by atoms with Gasteiger partial charge in [0.2, 0.25) is 5.95 Å². The van der Waals surface area contributed by atoms with Crippen molar-refractivity contribution in [2.24, 2.45) is 18.9 Å². The zero-order chi connectivity index (χ0) is 20.7. The summed E-state index contributed by atoms with van der Waals surface area (Å²) in [6, 6.07) is 12.0. The Labute approximate surface area is 185 Å². The highest BCUT2D eigenvalue weighted by atomic mass is 35.5. The van der Waals surface area contributed by atoms with E-state index in [1.807, 2.05) is 31.3 Å². The number of pyridine rings is 1. The summed E-state index contributed by atoms with van der Waals surface area (Å²) in [7, 11) is 1.82. The molecular formula is C21H22Cl2N6O. The average Bonchev–Trinajstić information content (AvgIpc) is 3.16. The first-order valence-corrected chi connectivity index (χ1v) is 10.8. The molecule has 9 heteroatoms. The number of nitrogens with one attached hydrogen (secondary N) is 1. The molecule has 1 aliphatic carbocycles. The molecule has 3 heterocycles. The van der Waals surface area contributed by atoms with Crippen LogP contribution in [-0.2, 0) is 7.05 Å². The Hall–Kier alpha value is -2.51. The normalized spacial score (nSPS) is 22.9. The lowest BCUT2D eigenvalue weighted by Crippen LogP contribution is -2.48. The largest absolute Gasteiger partial charge is 0.424 e. The van der Waals surface area contributed by atoms with Crippen molar-refractivity contribution in [2.45, 2.75) is 18.9 Å². The molecule has 0 amide bonds. The van der Waals surface area contributed by atoms with Gasteiger partial charge in [-0.05, 0) is 55.0 Å². The third-order valence-electron chi connectivity index (χ3n) is 5.93. The third-order valence-corrected chi connectivity index (χ3v) is 6.37. The van der Waals surface area contributed by atoms with E-state index in [0.717, 1.165) is 18.8 Å². The van der Waals surface area contributed by atoms with E-state index in [4.69, 9.17) is 27.9 Å². The quantitative estimate of drug-likeness (QED) is 0.578. The molecule has 1 saturated carbocycles. The summed E-state index contributed by atoms with van der Waals surface area (Å²) in [5.41, 5.74) is 1.14. The van der Waals surface area contributed by atoms with Gasteiger partial charge in [-0.15, -0.1) is 5.10 Å². The lowest BCUT2D eigenvalue weighted by atomic mass is 9.92. The second kappa shape index (κ2) is 7.96. The fourth-order valence-corrected chi connectivity index (χ4v) is 4.91. The molecule has 1 unspecified atom stereocenters. The predicted molar refractivity (Wildman–Crippen MR) is 118 cm³/mol. The molecule has 5 rings (SSSR count). The van der Waals surface area contributed by atoms with E-state index in [9.17, 15) is 0 Å². The Morgan fingerprint density at radius 1 is 1.10 bits per heavy atom. The first-order valence-electron chi connectivity index (χ1n) is 10.0. The number of benzene rings is 1. The summed E-state index contributed by atoms with van der Waals surface area (Å²) in [6.07, 6.45) is 4.15. The lowest BCUT2D eigenvalue weighted by molar-refractivity contribution is 0.376. The summed E-state index contributed by atoms with van der Waals surface area (Å²) in [6.45, 7) is 1.96. The Morgan fingerprint density at radius 3 is 2.63 bits per heavy atom. The number of piperidine rings is 1. The highest BCUT2D eigenvalue weighted by Crippen LogP contribution is 2.40. The van der Waals surface area contributed by atoms with Crippen molar-refractivity contribution < 1.29 is 4.74 Å². The summed E-state index contributed by atoms with van der Waals surface area (Å²) in [4.78, 5) is 11.1. The highest BCUT2D eigenvalue weighted by molar-refractivity contribution is 6.30. The van der Waals surface area contributed by atoms with Crippen LogP contribution in [0.5, 0.6) is 11.8 Å². The van der Waals surface area contributed by atoms with Crippen molar-refractivity contribution in [3.8, 4) is 11.8 Å². The van der Waals surface area contributed by atoms with Gasteiger partial charge in [0.05, 0.1) is 0 Å². The minimum Gasteiger partial charge on any atom is -0.424 e. The topological polar surface area (TPSA) is 68.1 Å². The number of anilines is 2. The Morgan fingerprint density at radius 2 is 1.90 bits per heavy atom. The van der Waals surface area contributed by atoms with Crippen molar-refractivity contribution in [1.82, 2.24) is 19.7 Å². The van der Waals surface area contributed by atoms with Gasteiger partial charge in [0, 0.05) is 43.1 Å². The number of aryl methyl sites for hydroxylation is 1. The van der Waals surface area contributed by atoms with Crippen LogP contribution in [0.2, 0.25) is 10.2 Å². The fraction of sp³-hybridized carbons (Fsp3) is 0.381. The zero-order valence-electron chi connectivity index (χ0n) is 16.5. The smallest absolute Gasteiger partial charge is 0.321 e. The van der Waals surface area contributed by atoms with E-state index in [1.54, 1.807) is 23.0 Å². The van der Waals surface area contributed by atoms with Crippen LogP contribution >= 0.6 is 23.2 Å². The summed E-state index contributed by atoms with van der Waals surface area (Å²) in [5, 5.41) is 9.23. The predicted octanol–water partition coefficient (Wildman–Crippen LogP) is 4.64. The van der Waals surface area contributed by atoms with E-state index >= 15 is 0 Å². The molecule has 7 nitrogen and oxygen atoms in total. The molecule has 1 aromatic carbocycles. The molecule has 0 radical (unpaired) electrons. The molecule has 1 N–H and O–H groups in total. The number of fused-ring (bicyclic) bond motifs is 2. The van der Waals surface area contributed by atoms with E-state index in [1.165, 1.54) is 12.8 Å². The summed E-state index contributed by atoms with van der Waals surface area (Å²) < 4.78 is 7.49. The molecule has 156 valence electrons. The minimum atomic E-state index is 0.347. The van der Waals surface area contributed by atoms with Gasteiger partial charge in [-0.25, -0.2) is 9.67 Å². The van der Waals surface area contributed by atoms with Gasteiger partial charge >= 0.3 is 6.01 Å². The number of hydrogen-bond donors (Lipinski definition) is 1. The van der Waals surface area contributed by atoms with Crippen LogP contribution in [0.25, 0.3) is 0 Å². The van der Waals surface area contributed by atoms with Crippen molar-refractivity contribution in [2.75, 3.05) is 23.3 Å². The maximum atomic E-state index is 6.08. The maximum absolute atomic E-state index is 6.08. The number of aromatic nitrogens is 4. The fourth-order valence-electron chi connectivity index (χ4n) is 4.56. The molecule has 2 fully saturated rings. The van der Waals surface area contributed by atoms with E-state index in [-0.39, 0.29) is 0 Å². The molecule has 1 aliphatic heterocycles. The van der Waals surface area contributed by atoms with Crippen LogP contribution in [0.4, 0.5) is 11.6 Å². The molecule has 3 atom stereocenters. The minimum absolute atomic E-state index is 0.347. The van der Waals surface area contributed by atoms with Gasteiger partial charge in [-0.3, -0.25) is 0 Å². The van der Waals surface area contributed by atoms with E-state index in [2.05, 4.69) is 25.3 Å². The van der Waals surface area contributed by atoms with Crippen molar-refractivity contribution in [3.05, 3.63) is 52.8 Å². The molecule has 2 aliphatic rings. The number of nitrogens with zero attached hydrogens (tertiary/aromatic N) is 5. The summed E-state index contributed by atoms with van der Waals surface area (Å²) >= 11 is 12.1. The van der Waals surface area contributed by atoms with E-state index in [0.29, 0.717) is 45.8 Å². The lowest BCUT2D eigenvalue weighted by Gasteiger charge is -2.39. The van der Waals surface area contributed by atoms with Crippen LogP contribution in [0.15, 0.2) is 42.6 Å². The van der Waals surface area contributed by atoms with Gasteiger partial charge in [0.25, 0.3) is 0 Å². The first-order chi connectivity index (χ1) is 14.5. The number of halogens is 2. The van der Waals surface area contributed by atoms with Gasteiger partial charge in [0.15, 0.2) is 0 Å². The number of rotatable bonds is 5. The van der Waals surface area contributed by atoms with E-state index < -0.39 is 0 Å². The monoisotopic (exact) mass is 444 g/mol. The van der Waals surface area contributed by atoms with Crippen molar-refractivity contribution >= 4 is 34.8 Å². The maximum Gasteiger partial charge on any atom is 0.321 e. The number of hydrogen-bond acceptors (Lipinski definition) is 6. The van der Waals surface area contributed by atoms with Crippen molar-refractivity contribution in [3.63, 3.8) is 0 Å². The third kappa shape index (κ3) is 3.91. The molecule has 3 aromatic rings. The standard InChI is InChI=1S/C21H22Cl2N6O/c1-28-21(30-17-4-2-3-15(22)9-17)26-20(27-28)25-19-13-5-6-14(19)12-29(11-13)16-7-8-24-18(23)10-16/h2-4,7-10,13-14,19H,5-6,11-12H2,1H3,(H,25,27)/t13-,14+,19?. The second-order valence-electron chi connectivity index (χ2n) is 7.91. The molecular weight excluding hydrogens is 423 g/mol. The molecule has 0 spiro atoms.